The molecule has 3 rings (SSSR count). The van der Waals surface area contributed by atoms with Gasteiger partial charge in [0.2, 0.25) is 5.91 Å². The summed E-state index contributed by atoms with van der Waals surface area (Å²) in [5.41, 5.74) is 5.51. The highest BCUT2D eigenvalue weighted by atomic mass is 32.1. The summed E-state index contributed by atoms with van der Waals surface area (Å²) in [7, 11) is 0. The van der Waals surface area contributed by atoms with Gasteiger partial charge in [-0.2, -0.15) is 0 Å². The number of thiophene rings is 1. The van der Waals surface area contributed by atoms with E-state index in [9.17, 15) is 4.79 Å². The maximum atomic E-state index is 11.3. The molecule has 0 bridgehead atoms. The molecule has 1 amide bonds. The minimum absolute atomic E-state index is 0.132. The fourth-order valence-corrected chi connectivity index (χ4v) is 3.54. The van der Waals surface area contributed by atoms with Crippen molar-refractivity contribution in [2.24, 2.45) is 0 Å². The number of nitrogens with zero attached hydrogens (tertiary/aromatic N) is 2. The summed E-state index contributed by atoms with van der Waals surface area (Å²) in [5, 5.41) is 14.1. The highest BCUT2D eigenvalue weighted by Crippen LogP contribution is 2.28. The first-order valence-corrected chi connectivity index (χ1v) is 9.75. The second kappa shape index (κ2) is 8.75. The lowest BCUT2D eigenvalue weighted by atomic mass is 10.1. The molecule has 0 aliphatic carbocycles. The van der Waals surface area contributed by atoms with Crippen LogP contribution in [0.3, 0.4) is 0 Å². The smallest absolute Gasteiger partial charge is 0.247 e. The van der Waals surface area contributed by atoms with Crippen LogP contribution in [0, 0.1) is 0 Å². The van der Waals surface area contributed by atoms with Crippen molar-refractivity contribution in [1.29, 1.82) is 0 Å². The van der Waals surface area contributed by atoms with E-state index in [1.807, 2.05) is 41.8 Å². The number of hydrogen-bond acceptors (Lipinski definition) is 6. The Morgan fingerprint density at radius 3 is 2.48 bits per heavy atom. The van der Waals surface area contributed by atoms with Crippen LogP contribution in [0.25, 0.3) is 10.7 Å². The molecular formula is C20H22N4O2S. The van der Waals surface area contributed by atoms with Crippen LogP contribution < -0.4 is 10.8 Å². The van der Waals surface area contributed by atoms with Gasteiger partial charge in [-0.1, -0.05) is 32.0 Å². The molecule has 3 aromatic rings. The molecule has 0 aliphatic heterocycles. The van der Waals surface area contributed by atoms with Gasteiger partial charge >= 0.3 is 0 Å². The Bertz CT molecular complexity index is 908. The van der Waals surface area contributed by atoms with E-state index < -0.39 is 5.91 Å². The van der Waals surface area contributed by atoms with Crippen LogP contribution in [0.15, 0.2) is 41.8 Å². The minimum Gasteiger partial charge on any atom is -0.340 e. The van der Waals surface area contributed by atoms with E-state index in [2.05, 4.69) is 19.2 Å². The predicted octanol–water partition coefficient (Wildman–Crippen LogP) is 4.12. The molecule has 6 nitrogen and oxygen atoms in total. The molecule has 0 fully saturated rings. The molecule has 0 unspecified atom stereocenters. The Kier molecular flexibility index (Phi) is 6.16. The fourth-order valence-electron chi connectivity index (χ4n) is 2.88. The van der Waals surface area contributed by atoms with E-state index >= 15 is 0 Å². The summed E-state index contributed by atoms with van der Waals surface area (Å²) in [5.74, 6) is 1.11. The summed E-state index contributed by atoms with van der Waals surface area (Å²) in [6, 6.07) is 11.5. The number of carbonyl (C=O) groups excluding carboxylic acids is 1. The quantitative estimate of drug-likeness (QED) is 0.423. The molecule has 0 spiro atoms. The monoisotopic (exact) mass is 382 g/mol. The second-order valence-electron chi connectivity index (χ2n) is 6.04. The first kappa shape index (κ1) is 19.0. The number of amides is 1. The van der Waals surface area contributed by atoms with Gasteiger partial charge in [-0.05, 0) is 42.0 Å². The molecular weight excluding hydrogens is 360 g/mol. The van der Waals surface area contributed by atoms with Crippen LogP contribution in [0.2, 0.25) is 0 Å². The highest BCUT2D eigenvalue weighted by molar-refractivity contribution is 7.13. The van der Waals surface area contributed by atoms with E-state index in [1.165, 1.54) is 0 Å². The van der Waals surface area contributed by atoms with Crippen molar-refractivity contribution in [3.63, 3.8) is 0 Å². The van der Waals surface area contributed by atoms with Gasteiger partial charge in [-0.3, -0.25) is 10.0 Å². The van der Waals surface area contributed by atoms with Gasteiger partial charge in [-0.25, -0.2) is 15.4 Å². The zero-order valence-electron chi connectivity index (χ0n) is 15.3. The number of nitrogens with one attached hydrogen (secondary N) is 2. The highest BCUT2D eigenvalue weighted by Gasteiger charge is 2.14. The number of rotatable bonds is 7. The molecule has 0 radical (unpaired) electrons. The van der Waals surface area contributed by atoms with Gasteiger partial charge in [0.1, 0.15) is 5.82 Å². The Labute approximate surface area is 162 Å². The molecule has 0 saturated heterocycles. The van der Waals surface area contributed by atoms with Crippen molar-refractivity contribution >= 4 is 28.7 Å². The van der Waals surface area contributed by atoms with Crippen LogP contribution in [0.5, 0.6) is 0 Å². The number of benzene rings is 1. The summed E-state index contributed by atoms with van der Waals surface area (Å²) in [6.07, 6.45) is 1.81. The summed E-state index contributed by atoms with van der Waals surface area (Å²) < 4.78 is 0. The average Bonchev–Trinajstić information content (AvgIpc) is 3.23. The van der Waals surface area contributed by atoms with Crippen molar-refractivity contribution in [2.45, 2.75) is 33.1 Å². The Hall–Kier alpha value is -2.77. The van der Waals surface area contributed by atoms with Gasteiger partial charge in [0.05, 0.1) is 11.3 Å². The molecule has 2 aromatic heterocycles. The number of aromatic nitrogens is 2. The number of carbonyl (C=O) groups is 1. The van der Waals surface area contributed by atoms with Crippen LogP contribution in [0.1, 0.15) is 30.7 Å². The van der Waals surface area contributed by atoms with Gasteiger partial charge in [-0.15, -0.1) is 11.3 Å². The first-order valence-electron chi connectivity index (χ1n) is 8.87. The molecule has 7 heteroatoms. The largest absolute Gasteiger partial charge is 0.340 e. The van der Waals surface area contributed by atoms with E-state index in [4.69, 9.17) is 15.2 Å². The third-order valence-corrected chi connectivity index (χ3v) is 5.09. The summed E-state index contributed by atoms with van der Waals surface area (Å²) in [6.45, 7) is 4.20. The zero-order chi connectivity index (χ0) is 19.2. The van der Waals surface area contributed by atoms with Crippen LogP contribution in [-0.2, 0) is 24.1 Å². The summed E-state index contributed by atoms with van der Waals surface area (Å²) >= 11 is 1.62. The van der Waals surface area contributed by atoms with Gasteiger partial charge in [0, 0.05) is 16.9 Å². The molecule has 27 heavy (non-hydrogen) atoms. The molecule has 3 N–H and O–H groups in total. The lowest BCUT2D eigenvalue weighted by molar-refractivity contribution is -0.128. The molecule has 0 saturated carbocycles. The third-order valence-electron chi connectivity index (χ3n) is 4.23. The van der Waals surface area contributed by atoms with E-state index in [-0.39, 0.29) is 6.42 Å². The number of aryl methyl sites for hydroxylation is 1. The topological polar surface area (TPSA) is 87.1 Å². The number of hydrogen-bond donors (Lipinski definition) is 3. The maximum Gasteiger partial charge on any atom is 0.247 e. The van der Waals surface area contributed by atoms with Crippen LogP contribution in [0.4, 0.5) is 11.5 Å². The SMILES string of the molecule is CCc1nc(-c2cccs2)nc(Nc2ccc(CC(=O)NO)cc2)c1CC. The predicted molar refractivity (Wildman–Crippen MR) is 107 cm³/mol. The third kappa shape index (κ3) is 4.50. The van der Waals surface area contributed by atoms with Crippen molar-refractivity contribution in [2.75, 3.05) is 5.32 Å². The van der Waals surface area contributed by atoms with Crippen molar-refractivity contribution in [1.82, 2.24) is 15.4 Å². The van der Waals surface area contributed by atoms with E-state index in [1.54, 1.807) is 16.8 Å². The van der Waals surface area contributed by atoms with Gasteiger partial charge in [0.15, 0.2) is 5.82 Å². The fraction of sp³-hybridized carbons (Fsp3) is 0.250. The summed E-state index contributed by atoms with van der Waals surface area (Å²) in [4.78, 5) is 21.8. The van der Waals surface area contributed by atoms with Gasteiger partial charge in [0.25, 0.3) is 0 Å². The standard InChI is InChI=1S/C20H22N4O2S/c1-3-15-16(4-2)22-20(17-6-5-11-27-17)23-19(15)21-14-9-7-13(8-10-14)12-18(25)24-26/h5-11,26H,3-4,12H2,1-2H3,(H,24,25)(H,21,22,23). The zero-order valence-corrected chi connectivity index (χ0v) is 16.1. The molecule has 140 valence electrons. The Morgan fingerprint density at radius 2 is 1.89 bits per heavy atom. The maximum absolute atomic E-state index is 11.3. The Morgan fingerprint density at radius 1 is 1.11 bits per heavy atom. The normalized spacial score (nSPS) is 10.6. The number of hydroxylamine groups is 1. The van der Waals surface area contributed by atoms with Crippen LogP contribution >= 0.6 is 11.3 Å². The molecule has 1 aromatic carbocycles. The molecule has 2 heterocycles. The first-order chi connectivity index (χ1) is 13.1. The lowest BCUT2D eigenvalue weighted by Gasteiger charge is -2.15. The lowest BCUT2D eigenvalue weighted by Crippen LogP contribution is -2.20. The van der Waals surface area contributed by atoms with Crippen molar-refractivity contribution in [3.05, 3.63) is 58.6 Å². The number of anilines is 2. The Balaban J connectivity index is 1.91. The van der Waals surface area contributed by atoms with Crippen molar-refractivity contribution in [3.8, 4) is 10.7 Å². The van der Waals surface area contributed by atoms with Gasteiger partial charge < -0.3 is 5.32 Å². The second-order valence-corrected chi connectivity index (χ2v) is 6.99. The molecule has 0 atom stereocenters. The minimum atomic E-state index is -0.437. The van der Waals surface area contributed by atoms with E-state index in [0.29, 0.717) is 0 Å². The van der Waals surface area contributed by atoms with Crippen molar-refractivity contribution < 1.29 is 10.0 Å². The van der Waals surface area contributed by atoms with E-state index in [0.717, 1.165) is 51.9 Å². The van der Waals surface area contributed by atoms with Crippen LogP contribution in [-0.4, -0.2) is 21.1 Å². The molecule has 0 aliphatic rings. The average molecular weight is 382 g/mol.